The van der Waals surface area contributed by atoms with Crippen LogP contribution in [0.3, 0.4) is 0 Å². The van der Waals surface area contributed by atoms with Crippen molar-refractivity contribution in [2.75, 3.05) is 18.7 Å². The molecule has 23 heavy (non-hydrogen) atoms. The number of nitrogens with zero attached hydrogens (tertiary/aromatic N) is 2. The highest BCUT2D eigenvalue weighted by Gasteiger charge is 2.19. The van der Waals surface area contributed by atoms with E-state index in [0.29, 0.717) is 36.8 Å². The summed E-state index contributed by atoms with van der Waals surface area (Å²) in [7, 11) is 0. The zero-order valence-corrected chi connectivity index (χ0v) is 13.7. The maximum absolute atomic E-state index is 10.9. The van der Waals surface area contributed by atoms with Crippen LogP contribution in [0.25, 0.3) is 0 Å². The van der Waals surface area contributed by atoms with E-state index >= 15 is 0 Å². The molecule has 0 aliphatic carbocycles. The van der Waals surface area contributed by atoms with Gasteiger partial charge < -0.3 is 20.0 Å². The van der Waals surface area contributed by atoms with E-state index in [-0.39, 0.29) is 17.4 Å². The normalized spacial score (nSPS) is 14.7. The fourth-order valence-corrected chi connectivity index (χ4v) is 2.76. The summed E-state index contributed by atoms with van der Waals surface area (Å²) in [5.41, 5.74) is 9.41. The Morgan fingerprint density at radius 2 is 2.17 bits per heavy atom. The quantitative estimate of drug-likeness (QED) is 0.227. The second-order valence-corrected chi connectivity index (χ2v) is 5.82. The molecule has 0 radical (unpaired) electrons. The van der Waals surface area contributed by atoms with Crippen molar-refractivity contribution in [3.05, 3.63) is 11.3 Å². The molecule has 1 aromatic heterocycles. The van der Waals surface area contributed by atoms with Crippen LogP contribution in [-0.4, -0.2) is 40.6 Å². The molecule has 0 atom stereocenters. The molecule has 10 heteroatoms. The predicted molar refractivity (Wildman–Crippen MR) is 83.9 cm³/mol. The lowest BCUT2D eigenvalue weighted by molar-refractivity contribution is -0.138. The molecular formula is C13H19N5O4S. The Labute approximate surface area is 137 Å². The van der Waals surface area contributed by atoms with Crippen LogP contribution in [0.2, 0.25) is 0 Å². The number of aromatic nitrogens is 2. The average Bonchev–Trinajstić information content (AvgIpc) is 2.97. The van der Waals surface area contributed by atoms with Crippen molar-refractivity contribution in [1.82, 2.24) is 9.97 Å². The number of nitrogens with one attached hydrogen (secondary N) is 2. The van der Waals surface area contributed by atoms with Crippen LogP contribution >= 0.6 is 11.8 Å². The number of hydrogen-bond acceptors (Lipinski definition) is 9. The molecule has 0 spiro atoms. The second-order valence-electron chi connectivity index (χ2n) is 4.79. The van der Waals surface area contributed by atoms with Gasteiger partial charge in [-0.1, -0.05) is 0 Å². The summed E-state index contributed by atoms with van der Waals surface area (Å²) in [4.78, 5) is 24.0. The Morgan fingerprint density at radius 3 is 2.78 bits per heavy atom. The van der Waals surface area contributed by atoms with Crippen LogP contribution in [0, 0.1) is 12.3 Å². The van der Waals surface area contributed by atoms with E-state index in [1.54, 1.807) is 0 Å². The van der Waals surface area contributed by atoms with Gasteiger partial charge in [-0.15, -0.1) is 0 Å². The minimum Gasteiger partial charge on any atom is -0.378 e. The lowest BCUT2D eigenvalue weighted by Gasteiger charge is -2.14. The minimum atomic E-state index is -0.508. The van der Waals surface area contributed by atoms with Gasteiger partial charge >= 0.3 is 5.97 Å². The summed E-state index contributed by atoms with van der Waals surface area (Å²) in [6.07, 6.45) is 1.05. The van der Waals surface area contributed by atoms with Crippen molar-refractivity contribution < 1.29 is 19.1 Å². The highest BCUT2D eigenvalue weighted by atomic mass is 32.2. The van der Waals surface area contributed by atoms with Crippen LogP contribution < -0.4 is 11.2 Å². The number of thioether (sulfide) groups is 1. The molecule has 1 aliphatic rings. The first-order valence-electron chi connectivity index (χ1n) is 7.01. The maximum Gasteiger partial charge on any atom is 0.329 e. The lowest BCUT2D eigenvalue weighted by atomic mass is 10.1. The molecule has 1 fully saturated rings. The summed E-state index contributed by atoms with van der Waals surface area (Å²) in [6, 6.07) is 0. The van der Waals surface area contributed by atoms with Crippen molar-refractivity contribution in [3.8, 4) is 0 Å². The molecule has 0 bridgehead atoms. The SMILES string of the molecule is CC(=O)ONc1nc(C)c(CCC2OCCO2)c(SC(=N)N)n1. The van der Waals surface area contributed by atoms with Crippen molar-refractivity contribution in [2.24, 2.45) is 5.73 Å². The molecule has 1 aliphatic heterocycles. The Bertz CT molecular complexity index is 592. The second kappa shape index (κ2) is 8.09. The zero-order valence-electron chi connectivity index (χ0n) is 12.9. The molecule has 0 aromatic carbocycles. The van der Waals surface area contributed by atoms with Crippen molar-refractivity contribution >= 4 is 28.8 Å². The van der Waals surface area contributed by atoms with Gasteiger partial charge in [-0.3, -0.25) is 10.2 Å². The minimum absolute atomic E-state index is 0.0869. The molecule has 0 unspecified atom stereocenters. The van der Waals surface area contributed by atoms with E-state index in [2.05, 4.69) is 20.3 Å². The number of amidine groups is 1. The van der Waals surface area contributed by atoms with E-state index in [9.17, 15) is 4.79 Å². The topological polar surface area (TPSA) is 132 Å². The fourth-order valence-electron chi connectivity index (χ4n) is 2.05. The lowest BCUT2D eigenvalue weighted by Crippen LogP contribution is -2.14. The van der Waals surface area contributed by atoms with Gasteiger partial charge in [0.05, 0.1) is 13.2 Å². The van der Waals surface area contributed by atoms with Gasteiger partial charge in [0.2, 0.25) is 0 Å². The molecule has 9 nitrogen and oxygen atoms in total. The third-order valence-electron chi connectivity index (χ3n) is 2.99. The maximum atomic E-state index is 10.9. The van der Waals surface area contributed by atoms with Gasteiger partial charge in [0.1, 0.15) is 5.03 Å². The van der Waals surface area contributed by atoms with Crippen LogP contribution in [-0.2, 0) is 25.5 Å². The summed E-state index contributed by atoms with van der Waals surface area (Å²) in [5, 5.41) is 7.92. The van der Waals surface area contributed by atoms with Crippen molar-refractivity contribution in [3.63, 3.8) is 0 Å². The molecule has 2 rings (SSSR count). The molecule has 4 N–H and O–H groups in total. The predicted octanol–water partition coefficient (Wildman–Crippen LogP) is 0.966. The Hall–Kier alpha value is -1.91. The monoisotopic (exact) mass is 341 g/mol. The molecule has 2 heterocycles. The largest absolute Gasteiger partial charge is 0.378 e. The number of rotatable bonds is 6. The number of aryl methyl sites for hydroxylation is 1. The molecule has 1 aromatic rings. The number of ether oxygens (including phenoxy) is 2. The highest BCUT2D eigenvalue weighted by molar-refractivity contribution is 8.13. The molecule has 1 saturated heterocycles. The van der Waals surface area contributed by atoms with Gasteiger partial charge in [-0.25, -0.2) is 9.97 Å². The smallest absolute Gasteiger partial charge is 0.329 e. The van der Waals surface area contributed by atoms with Gasteiger partial charge in [0.15, 0.2) is 11.5 Å². The molecule has 0 amide bonds. The number of anilines is 1. The average molecular weight is 341 g/mol. The van der Waals surface area contributed by atoms with Crippen LogP contribution in [0.4, 0.5) is 5.95 Å². The van der Waals surface area contributed by atoms with Crippen LogP contribution in [0.15, 0.2) is 5.03 Å². The summed E-state index contributed by atoms with van der Waals surface area (Å²) in [5.74, 6) is -0.370. The van der Waals surface area contributed by atoms with E-state index < -0.39 is 5.97 Å². The van der Waals surface area contributed by atoms with Crippen LogP contribution in [0.1, 0.15) is 24.6 Å². The zero-order chi connectivity index (χ0) is 16.8. The summed E-state index contributed by atoms with van der Waals surface area (Å²) < 4.78 is 10.8. The number of nitrogens with two attached hydrogens (primary N) is 1. The number of carbonyl (C=O) groups is 1. The third-order valence-corrected chi connectivity index (χ3v) is 3.74. The Balaban J connectivity index is 2.16. The summed E-state index contributed by atoms with van der Waals surface area (Å²) >= 11 is 1.02. The molecule has 0 saturated carbocycles. The number of carbonyl (C=O) groups excluding carboxylic acids is 1. The van der Waals surface area contributed by atoms with Gasteiger partial charge in [0.25, 0.3) is 5.95 Å². The van der Waals surface area contributed by atoms with E-state index in [1.807, 2.05) is 6.92 Å². The van der Waals surface area contributed by atoms with Crippen molar-refractivity contribution in [2.45, 2.75) is 38.0 Å². The highest BCUT2D eigenvalue weighted by Crippen LogP contribution is 2.26. The van der Waals surface area contributed by atoms with Crippen molar-refractivity contribution in [1.29, 1.82) is 5.41 Å². The first-order valence-corrected chi connectivity index (χ1v) is 7.83. The first kappa shape index (κ1) is 17.4. The van der Waals surface area contributed by atoms with Gasteiger partial charge in [0, 0.05) is 24.6 Å². The van der Waals surface area contributed by atoms with Crippen LogP contribution in [0.5, 0.6) is 0 Å². The first-order chi connectivity index (χ1) is 11.0. The Morgan fingerprint density at radius 1 is 1.48 bits per heavy atom. The fraction of sp³-hybridized carbons (Fsp3) is 0.538. The van der Waals surface area contributed by atoms with Gasteiger partial charge in [-0.2, -0.15) is 5.48 Å². The Kier molecular flexibility index (Phi) is 6.13. The molecular weight excluding hydrogens is 322 g/mol. The van der Waals surface area contributed by atoms with Gasteiger partial charge in [-0.05, 0) is 25.1 Å². The van der Waals surface area contributed by atoms with E-state index in [1.165, 1.54) is 6.92 Å². The van der Waals surface area contributed by atoms with E-state index in [4.69, 9.17) is 20.6 Å². The molecule has 126 valence electrons. The summed E-state index contributed by atoms with van der Waals surface area (Å²) in [6.45, 7) is 4.28. The third kappa shape index (κ3) is 5.34. The number of hydrogen-bond donors (Lipinski definition) is 3. The standard InChI is InChI=1S/C13H19N5O4S/c1-7-9(3-4-10-20-5-6-21-10)11(23-12(14)15)17-13(16-7)18-22-8(2)19/h10H,3-6H2,1-2H3,(H3,14,15)(H,16,17,18). The van der Waals surface area contributed by atoms with E-state index in [0.717, 1.165) is 17.3 Å².